The van der Waals surface area contributed by atoms with E-state index in [9.17, 15) is 4.79 Å². The van der Waals surface area contributed by atoms with Crippen LogP contribution in [0, 0.1) is 11.8 Å². The van der Waals surface area contributed by atoms with Crippen molar-refractivity contribution in [3.63, 3.8) is 0 Å². The van der Waals surface area contributed by atoms with Crippen molar-refractivity contribution >= 4 is 25.6 Å². The SMILES string of the molecule is CC(C)C(C(=O)c1ccccc1)C(Sc1ccccc1)[Si](C)(C)C. The molecule has 2 aromatic rings. The molecule has 0 aliphatic rings. The number of carbonyl (C=O) groups excluding carboxylic acids is 1. The summed E-state index contributed by atoms with van der Waals surface area (Å²) in [6.07, 6.45) is 0. The second-order valence-corrected chi connectivity index (χ2v) is 14.7. The minimum absolute atomic E-state index is 0.0456. The molecular formula is C21H28OSSi. The molecule has 2 aromatic carbocycles. The maximum absolute atomic E-state index is 13.3. The zero-order valence-corrected chi connectivity index (χ0v) is 17.1. The van der Waals surface area contributed by atoms with E-state index in [-0.39, 0.29) is 5.92 Å². The largest absolute Gasteiger partial charge is 0.294 e. The Balaban J connectivity index is 2.38. The first-order valence-corrected chi connectivity index (χ1v) is 13.1. The molecule has 0 aromatic heterocycles. The summed E-state index contributed by atoms with van der Waals surface area (Å²) in [7, 11) is -1.55. The second kappa shape index (κ2) is 8.17. The van der Waals surface area contributed by atoms with Crippen molar-refractivity contribution in [2.75, 3.05) is 0 Å². The standard InChI is InChI=1S/C21H28OSSi/c1-16(2)19(20(22)17-12-8-6-9-13-17)21(24(3,4)5)23-18-14-10-7-11-15-18/h6-16,19,21H,1-5H3. The highest BCUT2D eigenvalue weighted by molar-refractivity contribution is 8.01. The molecule has 128 valence electrons. The van der Waals surface area contributed by atoms with Crippen molar-refractivity contribution in [1.82, 2.24) is 0 Å². The van der Waals surface area contributed by atoms with Crippen LogP contribution >= 0.6 is 11.8 Å². The highest BCUT2D eigenvalue weighted by Crippen LogP contribution is 2.39. The summed E-state index contributed by atoms with van der Waals surface area (Å²) in [4.78, 5) is 14.9. The number of rotatable bonds is 7. The molecule has 1 nitrogen and oxygen atoms in total. The van der Waals surface area contributed by atoms with Gasteiger partial charge >= 0.3 is 0 Å². The molecule has 0 saturated carbocycles. The fraction of sp³-hybridized carbons (Fsp3) is 0.381. The number of hydrogen-bond acceptors (Lipinski definition) is 2. The molecule has 0 radical (unpaired) electrons. The predicted octanol–water partition coefficient (Wildman–Crippen LogP) is 6.18. The van der Waals surface area contributed by atoms with Crippen molar-refractivity contribution in [2.45, 2.75) is 43.3 Å². The molecule has 0 fully saturated rings. The summed E-state index contributed by atoms with van der Waals surface area (Å²) in [5.74, 6) is 0.663. The normalized spacial score (nSPS) is 14.4. The zero-order chi connectivity index (χ0) is 17.7. The number of Topliss-reactive ketones (excluding diaryl/α,β-unsaturated/α-hetero) is 1. The van der Waals surface area contributed by atoms with Gasteiger partial charge in [0.05, 0.1) is 8.07 Å². The van der Waals surface area contributed by atoms with Gasteiger partial charge in [0, 0.05) is 21.3 Å². The maximum atomic E-state index is 13.3. The number of hydrogen-bond donors (Lipinski definition) is 0. The topological polar surface area (TPSA) is 17.1 Å². The van der Waals surface area contributed by atoms with Crippen LogP contribution in [0.4, 0.5) is 0 Å². The summed E-state index contributed by atoms with van der Waals surface area (Å²) >= 11 is 1.90. The molecule has 0 heterocycles. The fourth-order valence-corrected chi connectivity index (χ4v) is 7.65. The number of ketones is 1. The van der Waals surface area contributed by atoms with Crippen molar-refractivity contribution in [3.05, 3.63) is 66.2 Å². The van der Waals surface area contributed by atoms with Gasteiger partial charge in [0.15, 0.2) is 5.78 Å². The Bertz CT molecular complexity index is 647. The predicted molar refractivity (Wildman–Crippen MR) is 109 cm³/mol. The van der Waals surface area contributed by atoms with Gasteiger partial charge < -0.3 is 0 Å². The quantitative estimate of drug-likeness (QED) is 0.335. The third-order valence-corrected chi connectivity index (χ3v) is 9.90. The van der Waals surface area contributed by atoms with E-state index < -0.39 is 8.07 Å². The minimum Gasteiger partial charge on any atom is -0.294 e. The Morgan fingerprint density at radius 3 is 1.83 bits per heavy atom. The third kappa shape index (κ3) is 4.84. The molecule has 0 amide bonds. The van der Waals surface area contributed by atoms with Crippen LogP contribution in [0.5, 0.6) is 0 Å². The van der Waals surface area contributed by atoms with Crippen molar-refractivity contribution < 1.29 is 4.79 Å². The minimum atomic E-state index is -1.55. The molecule has 3 heteroatoms. The van der Waals surface area contributed by atoms with Crippen LogP contribution in [0.1, 0.15) is 24.2 Å². The Kier molecular flexibility index (Phi) is 6.47. The molecule has 0 bridgehead atoms. The van der Waals surface area contributed by atoms with Crippen LogP contribution in [0.2, 0.25) is 19.6 Å². The number of carbonyl (C=O) groups is 1. The van der Waals surface area contributed by atoms with E-state index in [4.69, 9.17) is 0 Å². The van der Waals surface area contributed by atoms with Gasteiger partial charge in [0.2, 0.25) is 0 Å². The monoisotopic (exact) mass is 356 g/mol. The first kappa shape index (κ1) is 19.0. The lowest BCUT2D eigenvalue weighted by molar-refractivity contribution is 0.0895. The van der Waals surface area contributed by atoms with Gasteiger partial charge in [0.1, 0.15) is 0 Å². The number of thioether (sulfide) groups is 1. The molecule has 24 heavy (non-hydrogen) atoms. The molecule has 2 unspecified atom stereocenters. The Labute approximate surface area is 151 Å². The van der Waals surface area contributed by atoms with Crippen LogP contribution in [-0.4, -0.2) is 18.7 Å². The van der Waals surface area contributed by atoms with Crippen molar-refractivity contribution in [1.29, 1.82) is 0 Å². The molecule has 0 aliphatic carbocycles. The molecule has 0 N–H and O–H groups in total. The smallest absolute Gasteiger partial charge is 0.167 e. The summed E-state index contributed by atoms with van der Waals surface area (Å²) in [6.45, 7) is 11.5. The first-order valence-electron chi connectivity index (χ1n) is 8.61. The van der Waals surface area contributed by atoms with Crippen LogP contribution in [-0.2, 0) is 0 Å². The Morgan fingerprint density at radius 1 is 0.875 bits per heavy atom. The molecule has 0 saturated heterocycles. The molecule has 2 atom stereocenters. The fourth-order valence-electron chi connectivity index (χ4n) is 3.02. The Morgan fingerprint density at radius 2 is 1.38 bits per heavy atom. The highest BCUT2D eigenvalue weighted by Gasteiger charge is 2.40. The van der Waals surface area contributed by atoms with Crippen LogP contribution in [0.15, 0.2) is 65.6 Å². The van der Waals surface area contributed by atoms with Crippen LogP contribution in [0.3, 0.4) is 0 Å². The summed E-state index contributed by atoms with van der Waals surface area (Å²) in [5, 5.41) is 0. The molecule has 2 rings (SSSR count). The maximum Gasteiger partial charge on any atom is 0.167 e. The Hall–Kier alpha value is -1.32. The molecule has 0 spiro atoms. The summed E-state index contributed by atoms with van der Waals surface area (Å²) in [5.41, 5.74) is 0.841. The second-order valence-electron chi connectivity index (χ2n) is 7.72. The van der Waals surface area contributed by atoms with Gasteiger partial charge in [-0.3, -0.25) is 4.79 Å². The highest BCUT2D eigenvalue weighted by atomic mass is 32.2. The molecule has 0 aliphatic heterocycles. The average Bonchev–Trinajstić information content (AvgIpc) is 2.54. The number of benzene rings is 2. The van der Waals surface area contributed by atoms with E-state index in [0.29, 0.717) is 16.6 Å². The van der Waals surface area contributed by atoms with E-state index in [1.54, 1.807) is 0 Å². The summed E-state index contributed by atoms with van der Waals surface area (Å²) < 4.78 is 0. The lowest BCUT2D eigenvalue weighted by atomic mass is 9.89. The van der Waals surface area contributed by atoms with E-state index in [0.717, 1.165) is 5.56 Å². The van der Waals surface area contributed by atoms with Gasteiger partial charge in [-0.1, -0.05) is 82.0 Å². The van der Waals surface area contributed by atoms with Crippen molar-refractivity contribution in [2.24, 2.45) is 11.8 Å². The van der Waals surface area contributed by atoms with Gasteiger partial charge in [-0.05, 0) is 18.1 Å². The van der Waals surface area contributed by atoms with Gasteiger partial charge in [-0.15, -0.1) is 11.8 Å². The van der Waals surface area contributed by atoms with Crippen LogP contribution < -0.4 is 0 Å². The average molecular weight is 357 g/mol. The van der Waals surface area contributed by atoms with Gasteiger partial charge in [0.25, 0.3) is 0 Å². The lowest BCUT2D eigenvalue weighted by Gasteiger charge is -2.37. The van der Waals surface area contributed by atoms with Gasteiger partial charge in [-0.25, -0.2) is 0 Å². The van der Waals surface area contributed by atoms with Gasteiger partial charge in [-0.2, -0.15) is 0 Å². The van der Waals surface area contributed by atoms with Crippen LogP contribution in [0.25, 0.3) is 0 Å². The van der Waals surface area contributed by atoms with Crippen molar-refractivity contribution in [3.8, 4) is 0 Å². The van der Waals surface area contributed by atoms with E-state index >= 15 is 0 Å². The van der Waals surface area contributed by atoms with E-state index in [1.807, 2.05) is 48.2 Å². The third-order valence-electron chi connectivity index (χ3n) is 4.27. The summed E-state index contributed by atoms with van der Waals surface area (Å²) in [6, 6.07) is 20.3. The molecular weight excluding hydrogens is 328 g/mol. The lowest BCUT2D eigenvalue weighted by Crippen LogP contribution is -2.46. The van der Waals surface area contributed by atoms with E-state index in [2.05, 4.69) is 57.8 Å². The van der Waals surface area contributed by atoms with E-state index in [1.165, 1.54) is 4.90 Å². The zero-order valence-electron chi connectivity index (χ0n) is 15.3. The first-order chi connectivity index (χ1) is 11.3.